The van der Waals surface area contributed by atoms with Crippen molar-refractivity contribution >= 4 is 39.8 Å². The molecule has 5 nitrogen and oxygen atoms in total. The summed E-state index contributed by atoms with van der Waals surface area (Å²) in [5, 5.41) is 9.12. The van der Waals surface area contributed by atoms with Crippen molar-refractivity contribution < 1.29 is 14.0 Å². The molecule has 1 aromatic heterocycles. The van der Waals surface area contributed by atoms with Gasteiger partial charge in [0, 0.05) is 12.6 Å². The zero-order valence-electron chi connectivity index (χ0n) is 14.1. The third-order valence-electron chi connectivity index (χ3n) is 3.60. The molecule has 1 heterocycles. The molecule has 2 amide bonds. The third kappa shape index (κ3) is 5.01. The summed E-state index contributed by atoms with van der Waals surface area (Å²) >= 11 is 7.07. The smallest absolute Gasteiger partial charge is 0.261 e. The van der Waals surface area contributed by atoms with E-state index in [1.165, 1.54) is 23.5 Å². The van der Waals surface area contributed by atoms with E-state index in [1.807, 2.05) is 14.0 Å². The molecule has 0 spiro atoms. The number of thiophene rings is 1. The highest BCUT2D eigenvalue weighted by molar-refractivity contribution is 7.18. The standard InChI is InChI=1S/C17H19ClFN3O2S/c1-9-6-14(25-15(9)17(24)21-8-10(2)20-3)22-16(23)12-5-4-11(19)7-13(12)18/h4-7,10,20H,8H2,1-3H3,(H,21,24)(H,22,23). The molecular formula is C17H19ClFN3O2S. The Morgan fingerprint density at radius 2 is 2.00 bits per heavy atom. The van der Waals surface area contributed by atoms with Crippen LogP contribution in [0.25, 0.3) is 0 Å². The summed E-state index contributed by atoms with van der Waals surface area (Å²) in [6.07, 6.45) is 0. The first-order chi connectivity index (χ1) is 11.8. The van der Waals surface area contributed by atoms with Gasteiger partial charge in [0.05, 0.1) is 20.5 Å². The van der Waals surface area contributed by atoms with Gasteiger partial charge in [-0.25, -0.2) is 4.39 Å². The van der Waals surface area contributed by atoms with Gasteiger partial charge in [0.25, 0.3) is 11.8 Å². The molecule has 3 N–H and O–H groups in total. The predicted molar refractivity (Wildman–Crippen MR) is 99.3 cm³/mol. The second kappa shape index (κ2) is 8.42. The molecule has 0 radical (unpaired) electrons. The van der Waals surface area contributed by atoms with Gasteiger partial charge < -0.3 is 16.0 Å². The van der Waals surface area contributed by atoms with Crippen molar-refractivity contribution in [3.8, 4) is 0 Å². The SMILES string of the molecule is CNC(C)CNC(=O)c1sc(NC(=O)c2ccc(F)cc2Cl)cc1C. The van der Waals surface area contributed by atoms with Crippen LogP contribution in [0, 0.1) is 12.7 Å². The molecular weight excluding hydrogens is 365 g/mol. The summed E-state index contributed by atoms with van der Waals surface area (Å²) in [5.41, 5.74) is 0.933. The van der Waals surface area contributed by atoms with E-state index in [0.717, 1.165) is 11.6 Å². The lowest BCUT2D eigenvalue weighted by atomic mass is 10.2. The van der Waals surface area contributed by atoms with Crippen molar-refractivity contribution in [3.63, 3.8) is 0 Å². The summed E-state index contributed by atoms with van der Waals surface area (Å²) in [7, 11) is 1.82. The highest BCUT2D eigenvalue weighted by atomic mass is 35.5. The molecule has 0 aliphatic carbocycles. The molecule has 0 saturated carbocycles. The first-order valence-corrected chi connectivity index (χ1v) is 8.83. The number of rotatable bonds is 6. The molecule has 1 unspecified atom stereocenters. The van der Waals surface area contributed by atoms with Crippen molar-refractivity contribution in [2.24, 2.45) is 0 Å². The zero-order valence-corrected chi connectivity index (χ0v) is 15.6. The number of likely N-dealkylation sites (N-methyl/N-ethyl adjacent to an activating group) is 1. The normalized spacial score (nSPS) is 11.9. The minimum atomic E-state index is -0.511. The molecule has 8 heteroatoms. The Kier molecular flexibility index (Phi) is 6.52. The van der Waals surface area contributed by atoms with Gasteiger partial charge in [-0.1, -0.05) is 11.6 Å². The fraction of sp³-hybridized carbons (Fsp3) is 0.294. The third-order valence-corrected chi connectivity index (χ3v) is 5.06. The van der Waals surface area contributed by atoms with Gasteiger partial charge in [-0.3, -0.25) is 9.59 Å². The van der Waals surface area contributed by atoms with Crippen LogP contribution < -0.4 is 16.0 Å². The maximum Gasteiger partial charge on any atom is 0.261 e. The van der Waals surface area contributed by atoms with Gasteiger partial charge in [-0.15, -0.1) is 11.3 Å². The second-order valence-electron chi connectivity index (χ2n) is 5.60. The molecule has 1 atom stereocenters. The summed E-state index contributed by atoms with van der Waals surface area (Å²) in [6.45, 7) is 4.26. The quantitative estimate of drug-likeness (QED) is 0.715. The van der Waals surface area contributed by atoms with Crippen LogP contribution in [0.3, 0.4) is 0 Å². The molecule has 2 aromatic rings. The molecule has 0 saturated heterocycles. The number of aryl methyl sites for hydroxylation is 1. The van der Waals surface area contributed by atoms with E-state index in [2.05, 4.69) is 16.0 Å². The number of nitrogens with one attached hydrogen (secondary N) is 3. The average molecular weight is 384 g/mol. The lowest BCUT2D eigenvalue weighted by molar-refractivity contribution is 0.0953. The van der Waals surface area contributed by atoms with Crippen LogP contribution >= 0.6 is 22.9 Å². The first kappa shape index (κ1) is 19.4. The van der Waals surface area contributed by atoms with E-state index < -0.39 is 11.7 Å². The lowest BCUT2D eigenvalue weighted by Crippen LogP contribution is -2.37. The van der Waals surface area contributed by atoms with E-state index in [-0.39, 0.29) is 22.5 Å². The maximum absolute atomic E-state index is 13.1. The maximum atomic E-state index is 13.1. The van der Waals surface area contributed by atoms with Gasteiger partial charge >= 0.3 is 0 Å². The summed E-state index contributed by atoms with van der Waals surface area (Å²) < 4.78 is 13.1. The second-order valence-corrected chi connectivity index (χ2v) is 7.06. The molecule has 25 heavy (non-hydrogen) atoms. The molecule has 1 aromatic carbocycles. The van der Waals surface area contributed by atoms with Gasteiger partial charge in [0.1, 0.15) is 5.82 Å². The molecule has 134 valence electrons. The Bertz CT molecular complexity index is 794. The van der Waals surface area contributed by atoms with Crippen LogP contribution in [0.5, 0.6) is 0 Å². The first-order valence-electron chi connectivity index (χ1n) is 7.64. The van der Waals surface area contributed by atoms with Crippen LogP contribution in [-0.2, 0) is 0 Å². The highest BCUT2D eigenvalue weighted by Crippen LogP contribution is 2.28. The number of carbonyl (C=O) groups is 2. The molecule has 2 rings (SSSR count). The van der Waals surface area contributed by atoms with Gasteiger partial charge in [-0.05, 0) is 50.7 Å². The Morgan fingerprint density at radius 3 is 2.64 bits per heavy atom. The molecule has 0 aliphatic rings. The van der Waals surface area contributed by atoms with E-state index in [9.17, 15) is 14.0 Å². The van der Waals surface area contributed by atoms with Crippen molar-refractivity contribution in [1.29, 1.82) is 0 Å². The number of anilines is 1. The van der Waals surface area contributed by atoms with Crippen LogP contribution in [0.2, 0.25) is 5.02 Å². The zero-order chi connectivity index (χ0) is 18.6. The van der Waals surface area contributed by atoms with Crippen molar-refractivity contribution in [2.45, 2.75) is 19.9 Å². The Balaban J connectivity index is 2.09. The summed E-state index contributed by atoms with van der Waals surface area (Å²) in [4.78, 5) is 25.0. The minimum Gasteiger partial charge on any atom is -0.350 e. The monoisotopic (exact) mass is 383 g/mol. The molecule has 0 bridgehead atoms. The molecule has 0 fully saturated rings. The lowest BCUT2D eigenvalue weighted by Gasteiger charge is -2.10. The number of carbonyl (C=O) groups excluding carboxylic acids is 2. The minimum absolute atomic E-state index is 0.0322. The summed E-state index contributed by atoms with van der Waals surface area (Å²) in [5.74, 6) is -1.16. The topological polar surface area (TPSA) is 70.2 Å². The Hall–Kier alpha value is -1.96. The van der Waals surface area contributed by atoms with E-state index in [4.69, 9.17) is 11.6 Å². The van der Waals surface area contributed by atoms with Gasteiger partial charge in [-0.2, -0.15) is 0 Å². The number of amides is 2. The van der Waals surface area contributed by atoms with E-state index in [0.29, 0.717) is 16.4 Å². The van der Waals surface area contributed by atoms with E-state index in [1.54, 1.807) is 13.0 Å². The predicted octanol–water partition coefficient (Wildman–Crippen LogP) is 3.44. The number of hydrogen-bond donors (Lipinski definition) is 3. The van der Waals surface area contributed by atoms with Crippen LogP contribution in [0.1, 0.15) is 32.5 Å². The van der Waals surface area contributed by atoms with Crippen LogP contribution in [-0.4, -0.2) is 31.4 Å². The van der Waals surface area contributed by atoms with Crippen LogP contribution in [0.4, 0.5) is 9.39 Å². The number of benzene rings is 1. The van der Waals surface area contributed by atoms with Gasteiger partial charge in [0.2, 0.25) is 0 Å². The Labute approximate surface area is 154 Å². The fourth-order valence-electron chi connectivity index (χ4n) is 2.05. The number of hydrogen-bond acceptors (Lipinski definition) is 4. The highest BCUT2D eigenvalue weighted by Gasteiger charge is 2.17. The Morgan fingerprint density at radius 1 is 1.28 bits per heavy atom. The van der Waals surface area contributed by atoms with Crippen LogP contribution in [0.15, 0.2) is 24.3 Å². The van der Waals surface area contributed by atoms with Crippen molar-refractivity contribution in [1.82, 2.24) is 10.6 Å². The van der Waals surface area contributed by atoms with Gasteiger partial charge in [0.15, 0.2) is 0 Å². The van der Waals surface area contributed by atoms with E-state index >= 15 is 0 Å². The summed E-state index contributed by atoms with van der Waals surface area (Å²) in [6, 6.07) is 5.45. The van der Waals surface area contributed by atoms with Crippen molar-refractivity contribution in [2.75, 3.05) is 18.9 Å². The van der Waals surface area contributed by atoms with Crippen molar-refractivity contribution in [3.05, 3.63) is 51.1 Å². The number of halogens is 2. The fourth-order valence-corrected chi connectivity index (χ4v) is 3.29. The average Bonchev–Trinajstić information content (AvgIpc) is 2.92. The molecule has 0 aliphatic heterocycles. The largest absolute Gasteiger partial charge is 0.350 e.